The SMILES string of the molecule is Cc1c(NC(=O)NCC(C)O)cn2ncc(C#N)c(Nc3ccc(Oc4ccccc4)cc3)c12. The Kier molecular flexibility index (Phi) is 6.62. The molecule has 0 saturated carbocycles. The van der Waals surface area contributed by atoms with E-state index in [0.717, 1.165) is 17.0 Å². The number of rotatable bonds is 7. The molecular formula is C25H24N6O3. The second-order valence-electron chi connectivity index (χ2n) is 7.75. The van der Waals surface area contributed by atoms with Crippen molar-refractivity contribution in [2.45, 2.75) is 20.0 Å². The van der Waals surface area contributed by atoms with Crippen LogP contribution in [-0.4, -0.2) is 33.4 Å². The fourth-order valence-electron chi connectivity index (χ4n) is 3.41. The lowest BCUT2D eigenvalue weighted by atomic mass is 10.1. The fraction of sp³-hybridized carbons (Fsp3) is 0.160. The van der Waals surface area contributed by atoms with Crippen molar-refractivity contribution in [3.05, 3.63) is 78.1 Å². The Hall–Kier alpha value is -4.55. The molecule has 0 bridgehead atoms. The lowest BCUT2D eigenvalue weighted by Crippen LogP contribution is -2.34. The Labute approximate surface area is 196 Å². The number of aliphatic hydroxyl groups is 1. The number of hydrogen-bond acceptors (Lipinski definition) is 6. The third-order valence-corrected chi connectivity index (χ3v) is 5.09. The molecule has 0 fully saturated rings. The molecule has 172 valence electrons. The molecule has 2 aromatic carbocycles. The highest BCUT2D eigenvalue weighted by atomic mass is 16.5. The summed E-state index contributed by atoms with van der Waals surface area (Å²) in [6.07, 6.45) is 2.49. The first-order valence-corrected chi connectivity index (χ1v) is 10.7. The van der Waals surface area contributed by atoms with Crippen LogP contribution in [0.1, 0.15) is 18.1 Å². The summed E-state index contributed by atoms with van der Waals surface area (Å²) in [7, 11) is 0. The number of aromatic nitrogens is 2. The highest BCUT2D eigenvalue weighted by Gasteiger charge is 2.17. The van der Waals surface area contributed by atoms with Gasteiger partial charge >= 0.3 is 6.03 Å². The van der Waals surface area contributed by atoms with Crippen LogP contribution in [0, 0.1) is 18.3 Å². The van der Waals surface area contributed by atoms with Crippen molar-refractivity contribution in [1.82, 2.24) is 14.9 Å². The smallest absolute Gasteiger partial charge is 0.319 e. The van der Waals surface area contributed by atoms with Crippen LogP contribution in [0.5, 0.6) is 11.5 Å². The lowest BCUT2D eigenvalue weighted by Gasteiger charge is -2.12. The number of carbonyl (C=O) groups excluding carboxylic acids is 1. The Bertz CT molecular complexity index is 1340. The van der Waals surface area contributed by atoms with Crippen LogP contribution in [0.3, 0.4) is 0 Å². The summed E-state index contributed by atoms with van der Waals surface area (Å²) in [6, 6.07) is 18.6. The summed E-state index contributed by atoms with van der Waals surface area (Å²) in [5.74, 6) is 1.43. The maximum atomic E-state index is 12.2. The zero-order valence-corrected chi connectivity index (χ0v) is 18.7. The molecule has 4 rings (SSSR count). The van der Waals surface area contributed by atoms with Crippen LogP contribution in [-0.2, 0) is 0 Å². The van der Waals surface area contributed by atoms with Crippen LogP contribution < -0.4 is 20.7 Å². The molecule has 4 aromatic rings. The number of urea groups is 1. The van der Waals surface area contributed by atoms with Gasteiger partial charge in [0.1, 0.15) is 17.6 Å². The van der Waals surface area contributed by atoms with E-state index in [1.807, 2.05) is 61.5 Å². The van der Waals surface area contributed by atoms with Gasteiger partial charge in [0.05, 0.1) is 41.0 Å². The van der Waals surface area contributed by atoms with Crippen LogP contribution >= 0.6 is 0 Å². The first kappa shape index (κ1) is 22.6. The molecule has 0 spiro atoms. The van der Waals surface area contributed by atoms with E-state index in [2.05, 4.69) is 27.1 Å². The average molecular weight is 457 g/mol. The third kappa shape index (κ3) is 5.09. The molecule has 0 radical (unpaired) electrons. The standard InChI is InChI=1S/C25H24N6O3/c1-16(32)13-27-25(33)30-22-15-31-24(17(22)2)23(18(12-26)14-28-31)29-19-8-10-21(11-9-19)34-20-6-4-3-5-7-20/h3-11,14-16,29,32H,13H2,1-2H3,(H2,27,30,33). The molecule has 2 amide bonds. The van der Waals surface area contributed by atoms with Crippen molar-refractivity contribution < 1.29 is 14.6 Å². The number of carbonyl (C=O) groups is 1. The maximum absolute atomic E-state index is 12.2. The van der Waals surface area contributed by atoms with E-state index in [-0.39, 0.29) is 6.54 Å². The zero-order chi connectivity index (χ0) is 24.1. The number of fused-ring (bicyclic) bond motifs is 1. The summed E-state index contributed by atoms with van der Waals surface area (Å²) in [5.41, 5.74) is 3.64. The summed E-state index contributed by atoms with van der Waals surface area (Å²) in [5, 5.41) is 32.0. The van der Waals surface area contributed by atoms with Crippen molar-refractivity contribution in [2.24, 2.45) is 0 Å². The topological polar surface area (TPSA) is 124 Å². The largest absolute Gasteiger partial charge is 0.457 e. The lowest BCUT2D eigenvalue weighted by molar-refractivity contribution is 0.190. The summed E-state index contributed by atoms with van der Waals surface area (Å²) in [4.78, 5) is 12.2. The second kappa shape index (κ2) is 9.94. The molecule has 0 aliphatic heterocycles. The van der Waals surface area contributed by atoms with Gasteiger partial charge in [0.15, 0.2) is 0 Å². The fourth-order valence-corrected chi connectivity index (χ4v) is 3.41. The number of anilines is 3. The number of hydrogen-bond donors (Lipinski definition) is 4. The van der Waals surface area contributed by atoms with Gasteiger partial charge in [0.2, 0.25) is 0 Å². The van der Waals surface area contributed by atoms with E-state index in [1.54, 1.807) is 17.6 Å². The second-order valence-corrected chi connectivity index (χ2v) is 7.75. The van der Waals surface area contributed by atoms with E-state index in [9.17, 15) is 15.2 Å². The van der Waals surface area contributed by atoms with Gasteiger partial charge in [-0.3, -0.25) is 0 Å². The van der Waals surface area contributed by atoms with Crippen LogP contribution in [0.25, 0.3) is 5.52 Å². The van der Waals surface area contributed by atoms with Gasteiger partial charge in [-0.25, -0.2) is 9.31 Å². The van der Waals surface area contributed by atoms with E-state index < -0.39 is 12.1 Å². The van der Waals surface area contributed by atoms with Gasteiger partial charge in [0.25, 0.3) is 0 Å². The number of aryl methyl sites for hydroxylation is 1. The number of aliphatic hydroxyl groups excluding tert-OH is 1. The van der Waals surface area contributed by atoms with Gasteiger partial charge in [-0.15, -0.1) is 0 Å². The first-order chi connectivity index (χ1) is 16.4. The number of benzene rings is 2. The predicted molar refractivity (Wildman–Crippen MR) is 130 cm³/mol. The maximum Gasteiger partial charge on any atom is 0.319 e. The molecular weight excluding hydrogens is 432 g/mol. The Morgan fingerprint density at radius 2 is 1.88 bits per heavy atom. The predicted octanol–water partition coefficient (Wildman–Crippen LogP) is 4.55. The minimum atomic E-state index is -0.653. The molecule has 1 unspecified atom stereocenters. The van der Waals surface area contributed by atoms with E-state index >= 15 is 0 Å². The number of amides is 2. The van der Waals surface area contributed by atoms with E-state index in [0.29, 0.717) is 28.2 Å². The van der Waals surface area contributed by atoms with Crippen molar-refractivity contribution in [3.8, 4) is 17.6 Å². The Morgan fingerprint density at radius 1 is 1.18 bits per heavy atom. The Morgan fingerprint density at radius 3 is 2.56 bits per heavy atom. The van der Waals surface area contributed by atoms with E-state index in [4.69, 9.17) is 4.74 Å². The number of para-hydroxylation sites is 1. The van der Waals surface area contributed by atoms with Crippen molar-refractivity contribution >= 4 is 28.6 Å². The normalized spacial score (nSPS) is 11.5. The van der Waals surface area contributed by atoms with Crippen molar-refractivity contribution in [3.63, 3.8) is 0 Å². The highest BCUT2D eigenvalue weighted by Crippen LogP contribution is 2.33. The molecule has 4 N–H and O–H groups in total. The zero-order valence-electron chi connectivity index (χ0n) is 18.7. The number of nitriles is 1. The number of nitrogens with zero attached hydrogens (tertiary/aromatic N) is 3. The highest BCUT2D eigenvalue weighted by molar-refractivity contribution is 5.94. The molecule has 0 saturated heterocycles. The summed E-state index contributed by atoms with van der Waals surface area (Å²) < 4.78 is 7.44. The number of nitrogens with one attached hydrogen (secondary N) is 3. The minimum absolute atomic E-state index is 0.131. The van der Waals surface area contributed by atoms with Crippen LogP contribution in [0.4, 0.5) is 21.9 Å². The molecule has 2 aromatic heterocycles. The van der Waals surface area contributed by atoms with Gasteiger partial charge in [0, 0.05) is 17.8 Å². The summed E-state index contributed by atoms with van der Waals surface area (Å²) >= 11 is 0. The van der Waals surface area contributed by atoms with Gasteiger partial charge < -0.3 is 25.8 Å². The molecule has 0 aliphatic carbocycles. The quantitative estimate of drug-likeness (QED) is 0.323. The average Bonchev–Trinajstić information content (AvgIpc) is 3.15. The molecule has 9 heteroatoms. The van der Waals surface area contributed by atoms with Crippen LogP contribution in [0.15, 0.2) is 67.0 Å². The van der Waals surface area contributed by atoms with Crippen molar-refractivity contribution in [2.75, 3.05) is 17.2 Å². The third-order valence-electron chi connectivity index (χ3n) is 5.09. The van der Waals surface area contributed by atoms with Gasteiger partial charge in [-0.2, -0.15) is 10.4 Å². The van der Waals surface area contributed by atoms with Gasteiger partial charge in [-0.1, -0.05) is 18.2 Å². The molecule has 1 atom stereocenters. The summed E-state index contributed by atoms with van der Waals surface area (Å²) in [6.45, 7) is 3.56. The molecule has 2 heterocycles. The Balaban J connectivity index is 1.59. The van der Waals surface area contributed by atoms with Crippen molar-refractivity contribution in [1.29, 1.82) is 5.26 Å². The molecule has 34 heavy (non-hydrogen) atoms. The first-order valence-electron chi connectivity index (χ1n) is 10.7. The van der Waals surface area contributed by atoms with E-state index in [1.165, 1.54) is 6.20 Å². The van der Waals surface area contributed by atoms with Gasteiger partial charge in [-0.05, 0) is 50.2 Å². The monoisotopic (exact) mass is 456 g/mol. The minimum Gasteiger partial charge on any atom is -0.457 e. The van der Waals surface area contributed by atoms with Crippen LogP contribution in [0.2, 0.25) is 0 Å². The molecule has 9 nitrogen and oxygen atoms in total. The number of ether oxygens (including phenoxy) is 1. The molecule has 0 aliphatic rings.